The van der Waals surface area contributed by atoms with E-state index in [2.05, 4.69) is 16.2 Å². The second-order valence-electron chi connectivity index (χ2n) is 6.61. The van der Waals surface area contributed by atoms with E-state index in [0.717, 1.165) is 12.0 Å². The lowest BCUT2D eigenvalue weighted by atomic mass is 10.1. The molecule has 26 heavy (non-hydrogen) atoms. The van der Waals surface area contributed by atoms with Gasteiger partial charge in [-0.15, -0.1) is 0 Å². The van der Waals surface area contributed by atoms with Crippen molar-refractivity contribution in [1.29, 1.82) is 0 Å². The van der Waals surface area contributed by atoms with Gasteiger partial charge in [-0.1, -0.05) is 31.2 Å². The van der Waals surface area contributed by atoms with Crippen LogP contribution >= 0.6 is 0 Å². The van der Waals surface area contributed by atoms with E-state index in [1.54, 1.807) is 36.4 Å². The maximum absolute atomic E-state index is 12.3. The summed E-state index contributed by atoms with van der Waals surface area (Å²) in [4.78, 5) is 36.4. The fraction of sp³-hybridized carbons (Fsp3) is 0.250. The zero-order valence-corrected chi connectivity index (χ0v) is 14.7. The third kappa shape index (κ3) is 4.08. The fourth-order valence-electron chi connectivity index (χ4n) is 2.74. The van der Waals surface area contributed by atoms with E-state index < -0.39 is 5.91 Å². The van der Waals surface area contributed by atoms with Crippen LogP contribution in [0.15, 0.2) is 48.5 Å². The second-order valence-corrected chi connectivity index (χ2v) is 6.61. The number of hydrogen-bond donors (Lipinski definition) is 3. The van der Waals surface area contributed by atoms with Crippen molar-refractivity contribution in [3.8, 4) is 0 Å². The van der Waals surface area contributed by atoms with Crippen LogP contribution in [-0.4, -0.2) is 17.7 Å². The SMILES string of the molecule is Cc1ccccc1C(=O)NNC(=O)c1cccc(NC(=O)C2CC2C)c1. The number of benzene rings is 2. The molecule has 2 unspecified atom stereocenters. The van der Waals surface area contributed by atoms with Crippen molar-refractivity contribution < 1.29 is 14.4 Å². The summed E-state index contributed by atoms with van der Waals surface area (Å²) in [6.07, 6.45) is 0.900. The average Bonchev–Trinajstić information content (AvgIpc) is 3.37. The molecule has 1 aliphatic carbocycles. The van der Waals surface area contributed by atoms with Gasteiger partial charge in [-0.25, -0.2) is 0 Å². The van der Waals surface area contributed by atoms with Gasteiger partial charge in [0.05, 0.1) is 0 Å². The van der Waals surface area contributed by atoms with E-state index in [4.69, 9.17) is 0 Å². The summed E-state index contributed by atoms with van der Waals surface area (Å²) >= 11 is 0. The highest BCUT2D eigenvalue weighted by Gasteiger charge is 2.39. The van der Waals surface area contributed by atoms with Crippen molar-refractivity contribution in [3.63, 3.8) is 0 Å². The molecule has 0 heterocycles. The maximum atomic E-state index is 12.3. The van der Waals surface area contributed by atoms with Gasteiger partial charge in [0.15, 0.2) is 0 Å². The molecule has 1 fully saturated rings. The van der Waals surface area contributed by atoms with Crippen molar-refractivity contribution in [1.82, 2.24) is 10.9 Å². The van der Waals surface area contributed by atoms with Crippen molar-refractivity contribution in [2.24, 2.45) is 11.8 Å². The quantitative estimate of drug-likeness (QED) is 0.740. The third-order valence-electron chi connectivity index (χ3n) is 4.52. The fourth-order valence-corrected chi connectivity index (χ4v) is 2.74. The summed E-state index contributed by atoms with van der Waals surface area (Å²) in [6.45, 7) is 3.86. The summed E-state index contributed by atoms with van der Waals surface area (Å²) < 4.78 is 0. The van der Waals surface area contributed by atoms with E-state index in [0.29, 0.717) is 22.7 Å². The van der Waals surface area contributed by atoms with Crippen LogP contribution in [0.4, 0.5) is 5.69 Å². The minimum absolute atomic E-state index is 0.0251. The molecule has 0 radical (unpaired) electrons. The standard InChI is InChI=1S/C20H21N3O3/c1-12-6-3-4-9-16(12)20(26)23-22-18(24)14-7-5-8-15(11-14)21-19(25)17-10-13(17)2/h3-9,11,13,17H,10H2,1-2H3,(H,21,25)(H,22,24)(H,23,26). The molecular weight excluding hydrogens is 330 g/mol. The van der Waals surface area contributed by atoms with Gasteiger partial charge in [-0.3, -0.25) is 25.2 Å². The van der Waals surface area contributed by atoms with Gasteiger partial charge in [0.1, 0.15) is 0 Å². The molecule has 134 valence electrons. The highest BCUT2D eigenvalue weighted by Crippen LogP contribution is 2.38. The molecular formula is C20H21N3O3. The van der Waals surface area contributed by atoms with Crippen LogP contribution in [0.1, 0.15) is 39.6 Å². The molecule has 3 N–H and O–H groups in total. The number of carbonyl (C=O) groups excluding carboxylic acids is 3. The van der Waals surface area contributed by atoms with Crippen LogP contribution in [0.3, 0.4) is 0 Å². The monoisotopic (exact) mass is 351 g/mol. The highest BCUT2D eigenvalue weighted by molar-refractivity contribution is 6.01. The number of carbonyl (C=O) groups is 3. The normalized spacial score (nSPS) is 17.9. The molecule has 0 aliphatic heterocycles. The van der Waals surface area contributed by atoms with Gasteiger partial charge < -0.3 is 5.32 Å². The van der Waals surface area contributed by atoms with Gasteiger partial charge >= 0.3 is 0 Å². The van der Waals surface area contributed by atoms with Crippen molar-refractivity contribution in [2.45, 2.75) is 20.3 Å². The molecule has 2 atom stereocenters. The Kier molecular flexibility index (Phi) is 5.02. The number of amides is 3. The van der Waals surface area contributed by atoms with Crippen LogP contribution in [0.5, 0.6) is 0 Å². The number of nitrogens with one attached hydrogen (secondary N) is 3. The first-order chi connectivity index (χ1) is 12.5. The Morgan fingerprint density at radius 3 is 2.35 bits per heavy atom. The number of hydrogen-bond acceptors (Lipinski definition) is 3. The first-order valence-electron chi connectivity index (χ1n) is 8.53. The number of aryl methyl sites for hydroxylation is 1. The minimum Gasteiger partial charge on any atom is -0.326 e. The number of hydrazine groups is 1. The van der Waals surface area contributed by atoms with E-state index in [-0.39, 0.29) is 17.7 Å². The van der Waals surface area contributed by atoms with Gasteiger partial charge in [-0.05, 0) is 49.1 Å². The Morgan fingerprint density at radius 1 is 0.962 bits per heavy atom. The van der Waals surface area contributed by atoms with Gasteiger partial charge in [0.25, 0.3) is 11.8 Å². The molecule has 3 rings (SSSR count). The van der Waals surface area contributed by atoms with Crippen LogP contribution < -0.4 is 16.2 Å². The van der Waals surface area contributed by atoms with Crippen molar-refractivity contribution >= 4 is 23.4 Å². The Balaban J connectivity index is 1.59. The van der Waals surface area contributed by atoms with E-state index in [1.165, 1.54) is 0 Å². The summed E-state index contributed by atoms with van der Waals surface area (Å²) in [5.74, 6) is -0.395. The molecule has 6 heteroatoms. The lowest BCUT2D eigenvalue weighted by Crippen LogP contribution is -2.41. The molecule has 3 amide bonds. The Morgan fingerprint density at radius 2 is 1.65 bits per heavy atom. The topological polar surface area (TPSA) is 87.3 Å². The summed E-state index contributed by atoms with van der Waals surface area (Å²) in [7, 11) is 0. The molecule has 6 nitrogen and oxygen atoms in total. The molecule has 0 spiro atoms. The van der Waals surface area contributed by atoms with E-state index in [1.807, 2.05) is 26.0 Å². The predicted octanol–water partition coefficient (Wildman–Crippen LogP) is 2.66. The Labute approximate surface area is 152 Å². The minimum atomic E-state index is -0.456. The maximum Gasteiger partial charge on any atom is 0.269 e. The molecule has 0 bridgehead atoms. The van der Waals surface area contributed by atoms with Gasteiger partial charge in [0, 0.05) is 22.7 Å². The zero-order chi connectivity index (χ0) is 18.7. The first kappa shape index (κ1) is 17.7. The number of rotatable bonds is 4. The smallest absolute Gasteiger partial charge is 0.269 e. The van der Waals surface area contributed by atoms with E-state index >= 15 is 0 Å². The largest absolute Gasteiger partial charge is 0.326 e. The van der Waals surface area contributed by atoms with Crippen LogP contribution in [-0.2, 0) is 4.79 Å². The lowest BCUT2D eigenvalue weighted by molar-refractivity contribution is -0.117. The molecule has 1 saturated carbocycles. The van der Waals surface area contributed by atoms with Crippen LogP contribution in [0, 0.1) is 18.8 Å². The van der Waals surface area contributed by atoms with Crippen molar-refractivity contribution in [3.05, 3.63) is 65.2 Å². The Bertz CT molecular complexity index is 863. The molecule has 0 saturated heterocycles. The van der Waals surface area contributed by atoms with Gasteiger partial charge in [0.2, 0.25) is 5.91 Å². The highest BCUT2D eigenvalue weighted by atomic mass is 16.2. The first-order valence-corrected chi connectivity index (χ1v) is 8.53. The van der Waals surface area contributed by atoms with Crippen LogP contribution in [0.25, 0.3) is 0 Å². The summed E-state index contributed by atoms with van der Waals surface area (Å²) in [5, 5.41) is 2.82. The molecule has 2 aromatic carbocycles. The Hall–Kier alpha value is -3.15. The molecule has 2 aromatic rings. The van der Waals surface area contributed by atoms with Gasteiger partial charge in [-0.2, -0.15) is 0 Å². The van der Waals surface area contributed by atoms with Crippen LogP contribution in [0.2, 0.25) is 0 Å². The van der Waals surface area contributed by atoms with Crippen molar-refractivity contribution in [2.75, 3.05) is 5.32 Å². The predicted molar refractivity (Wildman–Crippen MR) is 98.5 cm³/mol. The third-order valence-corrected chi connectivity index (χ3v) is 4.52. The second kappa shape index (κ2) is 7.39. The molecule has 0 aromatic heterocycles. The van der Waals surface area contributed by atoms with E-state index in [9.17, 15) is 14.4 Å². The lowest BCUT2D eigenvalue weighted by Gasteiger charge is -2.10. The average molecular weight is 351 g/mol. The zero-order valence-electron chi connectivity index (χ0n) is 14.7. The number of anilines is 1. The summed E-state index contributed by atoms with van der Waals surface area (Å²) in [5.41, 5.74) is 7.02. The molecule has 1 aliphatic rings. The summed E-state index contributed by atoms with van der Waals surface area (Å²) in [6, 6.07) is 13.7.